The Labute approximate surface area is 207 Å². The van der Waals surface area contributed by atoms with Gasteiger partial charge in [-0.2, -0.15) is 13.2 Å². The zero-order valence-electron chi connectivity index (χ0n) is 19.6. The van der Waals surface area contributed by atoms with Crippen molar-refractivity contribution in [3.63, 3.8) is 0 Å². The zero-order valence-corrected chi connectivity index (χ0v) is 20.3. The van der Waals surface area contributed by atoms with Gasteiger partial charge in [0.25, 0.3) is 11.8 Å². The van der Waals surface area contributed by atoms with E-state index in [1.165, 1.54) is 12.1 Å². The van der Waals surface area contributed by atoms with E-state index in [0.717, 1.165) is 12.1 Å². The van der Waals surface area contributed by atoms with E-state index in [1.807, 2.05) is 13.8 Å². The van der Waals surface area contributed by atoms with E-state index in [1.54, 1.807) is 34.1 Å². The Morgan fingerprint density at radius 2 is 1.80 bits per heavy atom. The average molecular weight is 513 g/mol. The molecule has 0 spiro atoms. The second-order valence-corrected chi connectivity index (χ2v) is 9.19. The van der Waals surface area contributed by atoms with Gasteiger partial charge in [0.15, 0.2) is 6.61 Å². The summed E-state index contributed by atoms with van der Waals surface area (Å²) in [6, 6.07) is 10.9. The van der Waals surface area contributed by atoms with E-state index in [4.69, 9.17) is 21.1 Å². The Kier molecular flexibility index (Phi) is 9.02. The van der Waals surface area contributed by atoms with Crippen LogP contribution in [-0.4, -0.2) is 67.1 Å². The number of ether oxygens (including phenoxy) is 2. The lowest BCUT2D eigenvalue weighted by Crippen LogP contribution is -2.52. The quantitative estimate of drug-likeness (QED) is 0.511. The molecule has 190 valence electrons. The Morgan fingerprint density at radius 3 is 2.40 bits per heavy atom. The van der Waals surface area contributed by atoms with Gasteiger partial charge in [-0.05, 0) is 54.4 Å². The Bertz CT molecular complexity index is 997. The van der Waals surface area contributed by atoms with Gasteiger partial charge < -0.3 is 19.3 Å². The maximum atomic E-state index is 13.1. The number of alkyl halides is 3. The van der Waals surface area contributed by atoms with E-state index in [-0.39, 0.29) is 43.0 Å². The number of halogens is 4. The van der Waals surface area contributed by atoms with Crippen LogP contribution in [0.5, 0.6) is 5.75 Å². The molecule has 0 aliphatic carbocycles. The van der Waals surface area contributed by atoms with Crippen molar-refractivity contribution < 1.29 is 32.2 Å². The van der Waals surface area contributed by atoms with Crippen LogP contribution in [0.3, 0.4) is 0 Å². The van der Waals surface area contributed by atoms with E-state index >= 15 is 0 Å². The molecular weight excluding hydrogens is 485 g/mol. The molecule has 1 aliphatic rings. The summed E-state index contributed by atoms with van der Waals surface area (Å²) < 4.78 is 50.0. The predicted octanol–water partition coefficient (Wildman–Crippen LogP) is 4.76. The third-order valence-corrected chi connectivity index (χ3v) is 5.68. The highest BCUT2D eigenvalue weighted by Gasteiger charge is 2.31. The summed E-state index contributed by atoms with van der Waals surface area (Å²) in [5.41, 5.74) is -0.645. The second-order valence-electron chi connectivity index (χ2n) is 8.75. The lowest BCUT2D eigenvalue weighted by molar-refractivity contribution is -0.141. The maximum Gasteiger partial charge on any atom is 0.416 e. The summed E-state index contributed by atoms with van der Waals surface area (Å²) in [5, 5.41) is 0.566. The lowest BCUT2D eigenvalue weighted by atomic mass is 10.1. The van der Waals surface area contributed by atoms with Crippen LogP contribution >= 0.6 is 11.6 Å². The summed E-state index contributed by atoms with van der Waals surface area (Å²) in [7, 11) is 0. The van der Waals surface area contributed by atoms with Crippen LogP contribution in [0.15, 0.2) is 48.5 Å². The highest BCUT2D eigenvalue weighted by Crippen LogP contribution is 2.29. The summed E-state index contributed by atoms with van der Waals surface area (Å²) >= 11 is 5.85. The number of carbonyl (C=O) groups excluding carboxylic acids is 2. The largest absolute Gasteiger partial charge is 0.484 e. The van der Waals surface area contributed by atoms with Crippen molar-refractivity contribution >= 4 is 23.4 Å². The van der Waals surface area contributed by atoms with Gasteiger partial charge in [-0.3, -0.25) is 9.59 Å². The van der Waals surface area contributed by atoms with Gasteiger partial charge in [-0.25, -0.2) is 0 Å². The Morgan fingerprint density at radius 1 is 1.14 bits per heavy atom. The molecule has 1 heterocycles. The highest BCUT2D eigenvalue weighted by atomic mass is 35.5. The Balaban J connectivity index is 1.61. The molecule has 35 heavy (non-hydrogen) atoms. The average Bonchev–Trinajstić information content (AvgIpc) is 2.82. The number of nitrogens with zero attached hydrogens (tertiary/aromatic N) is 2. The van der Waals surface area contributed by atoms with Crippen LogP contribution in [0.1, 0.15) is 29.8 Å². The third-order valence-electron chi connectivity index (χ3n) is 5.42. The van der Waals surface area contributed by atoms with Crippen molar-refractivity contribution in [1.82, 2.24) is 9.80 Å². The first kappa shape index (κ1) is 26.8. The molecule has 1 fully saturated rings. The minimum atomic E-state index is -4.47. The number of morpholine rings is 1. The van der Waals surface area contributed by atoms with Gasteiger partial charge in [-0.15, -0.1) is 0 Å². The smallest absolute Gasteiger partial charge is 0.416 e. The van der Waals surface area contributed by atoms with Crippen LogP contribution < -0.4 is 4.74 Å². The van der Waals surface area contributed by atoms with Gasteiger partial charge in [-0.1, -0.05) is 25.4 Å². The monoisotopic (exact) mass is 512 g/mol. The minimum Gasteiger partial charge on any atom is -0.484 e. The van der Waals surface area contributed by atoms with Crippen LogP contribution in [0.2, 0.25) is 5.02 Å². The van der Waals surface area contributed by atoms with E-state index in [0.29, 0.717) is 30.5 Å². The summed E-state index contributed by atoms with van der Waals surface area (Å²) in [5.74, 6) is 0.0589. The summed E-state index contributed by atoms with van der Waals surface area (Å²) in [6.45, 7) is 5.33. The number of hydrogen-bond acceptors (Lipinski definition) is 4. The molecule has 0 radical (unpaired) electrons. The van der Waals surface area contributed by atoms with Gasteiger partial charge in [0.1, 0.15) is 5.75 Å². The molecule has 2 aromatic rings. The van der Waals surface area contributed by atoms with Gasteiger partial charge in [0.05, 0.1) is 18.3 Å². The molecular formula is C25H28ClF3N2O4. The topological polar surface area (TPSA) is 59.1 Å². The predicted molar refractivity (Wildman–Crippen MR) is 125 cm³/mol. The molecule has 0 saturated carbocycles. The highest BCUT2D eigenvalue weighted by molar-refractivity contribution is 6.30. The number of amides is 2. The van der Waals surface area contributed by atoms with Crippen LogP contribution in [0, 0.1) is 5.92 Å². The molecule has 10 heteroatoms. The fraction of sp³-hybridized carbons (Fsp3) is 0.440. The molecule has 3 rings (SSSR count). The Hall–Kier alpha value is -2.78. The summed E-state index contributed by atoms with van der Waals surface area (Å²) in [4.78, 5) is 28.9. The van der Waals surface area contributed by atoms with Crippen molar-refractivity contribution in [3.8, 4) is 5.75 Å². The number of carbonyl (C=O) groups is 2. The van der Waals surface area contributed by atoms with Crippen molar-refractivity contribution in [2.75, 3.05) is 39.4 Å². The molecule has 0 unspecified atom stereocenters. The van der Waals surface area contributed by atoms with Crippen molar-refractivity contribution in [3.05, 3.63) is 64.7 Å². The molecule has 0 bridgehead atoms. The van der Waals surface area contributed by atoms with Crippen molar-refractivity contribution in [1.29, 1.82) is 0 Å². The molecule has 0 N–H and O–H groups in total. The second kappa shape index (κ2) is 11.8. The van der Waals surface area contributed by atoms with E-state index in [9.17, 15) is 22.8 Å². The number of rotatable bonds is 8. The first-order chi connectivity index (χ1) is 16.5. The van der Waals surface area contributed by atoms with Crippen LogP contribution in [-0.2, 0) is 15.7 Å². The maximum absolute atomic E-state index is 13.1. The van der Waals surface area contributed by atoms with Crippen molar-refractivity contribution in [2.45, 2.75) is 26.1 Å². The SMILES string of the molecule is CC(C)CN(C[C@H]1CN(C(=O)COc2ccc(Cl)cc2)CCO1)C(=O)c1ccc(C(F)(F)F)cc1. The third kappa shape index (κ3) is 7.86. The van der Waals surface area contributed by atoms with Crippen molar-refractivity contribution in [2.24, 2.45) is 5.92 Å². The number of benzene rings is 2. The lowest BCUT2D eigenvalue weighted by Gasteiger charge is -2.36. The first-order valence-corrected chi connectivity index (χ1v) is 11.6. The van der Waals surface area contributed by atoms with Gasteiger partial charge in [0, 0.05) is 36.8 Å². The zero-order chi connectivity index (χ0) is 25.6. The van der Waals surface area contributed by atoms with Gasteiger partial charge >= 0.3 is 6.18 Å². The normalized spacial score (nSPS) is 16.3. The molecule has 1 saturated heterocycles. The first-order valence-electron chi connectivity index (χ1n) is 11.3. The minimum absolute atomic E-state index is 0.127. The molecule has 1 aliphatic heterocycles. The molecule has 2 aromatic carbocycles. The molecule has 2 amide bonds. The molecule has 6 nitrogen and oxygen atoms in total. The standard InChI is InChI=1S/C25H28ClF3N2O4/c1-17(2)13-31(24(33)18-3-5-19(6-4-18)25(27,28)29)15-22-14-30(11-12-34-22)23(32)16-35-21-9-7-20(26)8-10-21/h3-10,17,22H,11-16H2,1-2H3/t22-/m1/s1. The summed E-state index contributed by atoms with van der Waals surface area (Å²) in [6.07, 6.45) is -4.90. The molecule has 0 aromatic heterocycles. The van der Waals surface area contributed by atoms with Gasteiger partial charge in [0.2, 0.25) is 0 Å². The van der Waals surface area contributed by atoms with E-state index < -0.39 is 17.8 Å². The molecule has 1 atom stereocenters. The van der Waals surface area contributed by atoms with Crippen LogP contribution in [0.4, 0.5) is 13.2 Å². The van der Waals surface area contributed by atoms with Crippen LogP contribution in [0.25, 0.3) is 0 Å². The number of hydrogen-bond donors (Lipinski definition) is 0. The fourth-order valence-electron chi connectivity index (χ4n) is 3.73. The van der Waals surface area contributed by atoms with E-state index in [2.05, 4.69) is 0 Å². The fourth-order valence-corrected chi connectivity index (χ4v) is 3.86.